The van der Waals surface area contributed by atoms with Crippen molar-refractivity contribution in [1.29, 1.82) is 0 Å². The molecule has 1 rings (SSSR count). The summed E-state index contributed by atoms with van der Waals surface area (Å²) >= 11 is 1.77. The fourth-order valence-electron chi connectivity index (χ4n) is 2.40. The number of hydrogen-bond acceptors (Lipinski definition) is 6. The van der Waals surface area contributed by atoms with Gasteiger partial charge in [-0.15, -0.1) is 0 Å². The van der Waals surface area contributed by atoms with Crippen LogP contribution in [0.25, 0.3) is 0 Å². The number of nitrogens with zero attached hydrogens (tertiary/aromatic N) is 2. The summed E-state index contributed by atoms with van der Waals surface area (Å²) in [7, 11) is -1.65. The second kappa shape index (κ2) is 10.5. The number of ether oxygens (including phenoxy) is 1. The van der Waals surface area contributed by atoms with E-state index in [9.17, 15) is 13.2 Å². The van der Waals surface area contributed by atoms with Crippen LogP contribution in [0.2, 0.25) is 0 Å². The summed E-state index contributed by atoms with van der Waals surface area (Å²) in [6, 6.07) is 0. The first-order chi connectivity index (χ1) is 12.8. The molecule has 0 aromatic carbocycles. The summed E-state index contributed by atoms with van der Waals surface area (Å²) in [5.74, 6) is 2.17. The van der Waals surface area contributed by atoms with E-state index in [1.165, 1.54) is 0 Å². The highest BCUT2D eigenvalue weighted by Crippen LogP contribution is 2.13. The standard InChI is InChI=1S/C17H35N5O4S2/c1-16(2,3)26-15(23)21-17(4,5)13-20-14(18-6)19-7-12-28(24,25)22-8-10-27-11-9-22/h7-13H2,1-6H3,(H,21,23)(H2,18,19,20). The van der Waals surface area contributed by atoms with Crippen LogP contribution in [0.5, 0.6) is 0 Å². The van der Waals surface area contributed by atoms with E-state index in [0.717, 1.165) is 11.5 Å². The lowest BCUT2D eigenvalue weighted by Crippen LogP contribution is -2.54. The lowest BCUT2D eigenvalue weighted by atomic mass is 10.1. The molecule has 1 saturated heterocycles. The van der Waals surface area contributed by atoms with E-state index in [2.05, 4.69) is 20.9 Å². The van der Waals surface area contributed by atoms with Gasteiger partial charge in [-0.1, -0.05) is 0 Å². The largest absolute Gasteiger partial charge is 0.444 e. The average Bonchev–Trinajstić information content (AvgIpc) is 2.56. The number of guanidine groups is 1. The fraction of sp³-hybridized carbons (Fsp3) is 0.882. The van der Waals surface area contributed by atoms with Gasteiger partial charge >= 0.3 is 6.09 Å². The number of rotatable bonds is 7. The van der Waals surface area contributed by atoms with Gasteiger partial charge in [0, 0.05) is 44.7 Å². The third kappa shape index (κ3) is 9.83. The summed E-state index contributed by atoms with van der Waals surface area (Å²) in [5, 5.41) is 8.92. The van der Waals surface area contributed by atoms with Crippen molar-refractivity contribution in [3.8, 4) is 0 Å². The number of sulfonamides is 1. The topological polar surface area (TPSA) is 112 Å². The Morgan fingerprint density at radius 3 is 2.29 bits per heavy atom. The molecule has 0 aliphatic carbocycles. The first-order valence-corrected chi connectivity index (χ1v) is 12.1. The van der Waals surface area contributed by atoms with Gasteiger partial charge in [-0.3, -0.25) is 4.99 Å². The van der Waals surface area contributed by atoms with Gasteiger partial charge in [0.2, 0.25) is 10.0 Å². The number of carbonyl (C=O) groups is 1. The molecular weight excluding hydrogens is 402 g/mol. The highest BCUT2D eigenvalue weighted by Gasteiger charge is 2.26. The van der Waals surface area contributed by atoms with E-state index in [1.54, 1.807) is 43.9 Å². The van der Waals surface area contributed by atoms with Gasteiger partial charge in [-0.05, 0) is 34.6 Å². The Morgan fingerprint density at radius 1 is 1.14 bits per heavy atom. The molecule has 0 aromatic heterocycles. The van der Waals surface area contributed by atoms with Gasteiger partial charge in [0.25, 0.3) is 0 Å². The summed E-state index contributed by atoms with van der Waals surface area (Å²) in [4.78, 5) is 16.0. The summed E-state index contributed by atoms with van der Waals surface area (Å²) < 4.78 is 31.5. The molecule has 0 aromatic rings. The van der Waals surface area contributed by atoms with Crippen LogP contribution in [0.15, 0.2) is 4.99 Å². The van der Waals surface area contributed by atoms with Crippen LogP contribution in [0.4, 0.5) is 4.79 Å². The average molecular weight is 438 g/mol. The minimum Gasteiger partial charge on any atom is -0.444 e. The molecule has 1 aliphatic heterocycles. The van der Waals surface area contributed by atoms with Gasteiger partial charge in [-0.25, -0.2) is 17.5 Å². The Labute approximate surface area is 173 Å². The predicted octanol–water partition coefficient (Wildman–Crippen LogP) is 0.833. The Balaban J connectivity index is 2.42. The van der Waals surface area contributed by atoms with E-state index in [-0.39, 0.29) is 12.3 Å². The lowest BCUT2D eigenvalue weighted by Gasteiger charge is -2.29. The highest BCUT2D eigenvalue weighted by molar-refractivity contribution is 7.99. The summed E-state index contributed by atoms with van der Waals surface area (Å²) in [6.45, 7) is 10.9. The van der Waals surface area contributed by atoms with Crippen molar-refractivity contribution in [3.63, 3.8) is 0 Å². The van der Waals surface area contributed by atoms with Crippen LogP contribution in [-0.2, 0) is 14.8 Å². The quantitative estimate of drug-likeness (QED) is 0.399. The van der Waals surface area contributed by atoms with Crippen LogP contribution in [0, 0.1) is 0 Å². The van der Waals surface area contributed by atoms with Crippen molar-refractivity contribution in [2.75, 3.05) is 50.5 Å². The minimum absolute atomic E-state index is 0.0118. The summed E-state index contributed by atoms with van der Waals surface area (Å²) in [5.41, 5.74) is -1.15. The number of amides is 1. The van der Waals surface area contributed by atoms with Crippen molar-refractivity contribution in [2.24, 2.45) is 4.99 Å². The number of carbonyl (C=O) groups excluding carboxylic acids is 1. The molecule has 1 aliphatic rings. The van der Waals surface area contributed by atoms with E-state index in [1.807, 2.05) is 13.8 Å². The molecule has 0 atom stereocenters. The lowest BCUT2D eigenvalue weighted by molar-refractivity contribution is 0.0474. The maximum atomic E-state index is 12.4. The number of hydrogen-bond donors (Lipinski definition) is 3. The van der Waals surface area contributed by atoms with E-state index in [4.69, 9.17) is 4.74 Å². The van der Waals surface area contributed by atoms with Crippen LogP contribution < -0.4 is 16.0 Å². The molecule has 1 heterocycles. The number of alkyl carbamates (subject to hydrolysis) is 1. The van der Waals surface area contributed by atoms with E-state index < -0.39 is 27.3 Å². The van der Waals surface area contributed by atoms with Crippen LogP contribution >= 0.6 is 11.8 Å². The zero-order valence-electron chi connectivity index (χ0n) is 17.8. The molecule has 0 unspecified atom stereocenters. The summed E-state index contributed by atoms with van der Waals surface area (Å²) in [6.07, 6.45) is -0.493. The first-order valence-electron chi connectivity index (χ1n) is 9.36. The minimum atomic E-state index is -3.26. The molecule has 0 bridgehead atoms. The molecule has 11 heteroatoms. The SMILES string of the molecule is CN=C(NCCS(=O)(=O)N1CCSCC1)NCC(C)(C)NC(=O)OC(C)(C)C. The smallest absolute Gasteiger partial charge is 0.408 e. The van der Waals surface area contributed by atoms with Crippen LogP contribution in [0.1, 0.15) is 34.6 Å². The number of aliphatic imine (C=N–C) groups is 1. The predicted molar refractivity (Wildman–Crippen MR) is 115 cm³/mol. The molecule has 1 fully saturated rings. The molecule has 28 heavy (non-hydrogen) atoms. The zero-order valence-corrected chi connectivity index (χ0v) is 19.4. The maximum absolute atomic E-state index is 12.4. The molecule has 0 spiro atoms. The molecular formula is C17H35N5O4S2. The Bertz CT molecular complexity index is 638. The molecule has 0 saturated carbocycles. The van der Waals surface area contributed by atoms with Crippen LogP contribution in [0.3, 0.4) is 0 Å². The normalized spacial score (nSPS) is 17.1. The Morgan fingerprint density at radius 2 is 1.75 bits per heavy atom. The van der Waals surface area contributed by atoms with Gasteiger partial charge in [0.15, 0.2) is 5.96 Å². The molecule has 164 valence electrons. The second-order valence-electron chi connectivity index (χ2n) is 8.19. The zero-order chi connectivity index (χ0) is 21.4. The van der Waals surface area contributed by atoms with Crippen molar-refractivity contribution in [3.05, 3.63) is 0 Å². The first kappa shape index (κ1) is 24.8. The van der Waals surface area contributed by atoms with Crippen molar-refractivity contribution in [2.45, 2.75) is 45.8 Å². The monoisotopic (exact) mass is 437 g/mol. The van der Waals surface area contributed by atoms with Crippen molar-refractivity contribution in [1.82, 2.24) is 20.3 Å². The van der Waals surface area contributed by atoms with E-state index in [0.29, 0.717) is 25.6 Å². The number of nitrogens with one attached hydrogen (secondary N) is 3. The van der Waals surface area contributed by atoms with Crippen molar-refractivity contribution < 1.29 is 17.9 Å². The van der Waals surface area contributed by atoms with Gasteiger partial charge in [0.1, 0.15) is 5.60 Å². The van der Waals surface area contributed by atoms with Gasteiger partial charge < -0.3 is 20.7 Å². The second-order valence-corrected chi connectivity index (χ2v) is 11.5. The molecule has 9 nitrogen and oxygen atoms in total. The fourth-order valence-corrected chi connectivity index (χ4v) is 4.89. The third-order valence-electron chi connectivity index (χ3n) is 3.78. The highest BCUT2D eigenvalue weighted by atomic mass is 32.2. The number of thioether (sulfide) groups is 1. The third-order valence-corrected chi connectivity index (χ3v) is 6.59. The molecule has 1 amide bonds. The maximum Gasteiger partial charge on any atom is 0.408 e. The van der Waals surface area contributed by atoms with Gasteiger partial charge in [-0.2, -0.15) is 11.8 Å². The van der Waals surface area contributed by atoms with E-state index >= 15 is 0 Å². The molecule has 3 N–H and O–H groups in total. The molecule has 0 radical (unpaired) electrons. The Kier molecular flexibility index (Phi) is 9.35. The Hall–Kier alpha value is -1.20. The van der Waals surface area contributed by atoms with Gasteiger partial charge in [0.05, 0.1) is 11.3 Å². The van der Waals surface area contributed by atoms with Crippen molar-refractivity contribution >= 4 is 33.8 Å². The van der Waals surface area contributed by atoms with Crippen LogP contribution in [-0.4, -0.2) is 86.4 Å².